The molecule has 0 aliphatic carbocycles. The van der Waals surface area contributed by atoms with Crippen LogP contribution in [0.15, 0.2) is 6.20 Å². The molecule has 3 nitrogen and oxygen atoms in total. The summed E-state index contributed by atoms with van der Waals surface area (Å²) in [5.74, 6) is 0.342. The van der Waals surface area contributed by atoms with Gasteiger partial charge in [-0.2, -0.15) is 0 Å². The van der Waals surface area contributed by atoms with Gasteiger partial charge in [-0.05, 0) is 11.6 Å². The molecule has 2 rings (SSSR count). The van der Waals surface area contributed by atoms with Crippen molar-refractivity contribution in [3.05, 3.63) is 22.2 Å². The molecule has 0 unspecified atom stereocenters. The zero-order chi connectivity index (χ0) is 8.55. The van der Waals surface area contributed by atoms with Gasteiger partial charge >= 0.3 is 0 Å². The zero-order valence-electron chi connectivity index (χ0n) is 6.13. The summed E-state index contributed by atoms with van der Waals surface area (Å²) >= 11 is 11.4. The normalized spacial score (nSPS) is 17.5. The Hall–Kier alpha value is -0.380. The van der Waals surface area contributed by atoms with Gasteiger partial charge in [0, 0.05) is 17.7 Å². The predicted octanol–water partition coefficient (Wildman–Crippen LogP) is 1.90. The fraction of sp³-hybridized carbons (Fsp3) is 0.429. The quantitative estimate of drug-likeness (QED) is 0.518. The van der Waals surface area contributed by atoms with Crippen LogP contribution >= 0.6 is 23.2 Å². The zero-order valence-corrected chi connectivity index (χ0v) is 7.64. The van der Waals surface area contributed by atoms with Crippen molar-refractivity contribution in [3.8, 4) is 0 Å². The molecule has 0 N–H and O–H groups in total. The fourth-order valence-corrected chi connectivity index (χ4v) is 1.50. The highest BCUT2D eigenvalue weighted by Gasteiger charge is 2.23. The molecule has 1 aliphatic heterocycles. The molecular formula is C7H6Cl2N2O. The lowest BCUT2D eigenvalue weighted by Gasteiger charge is -2.26. The first kappa shape index (κ1) is 8.23. The molecule has 0 spiro atoms. The number of nitrogens with zero attached hydrogens (tertiary/aromatic N) is 2. The average Bonchev–Trinajstić information content (AvgIpc) is 1.91. The number of rotatable bonds is 1. The molecule has 0 aromatic carbocycles. The Morgan fingerprint density at radius 2 is 2.17 bits per heavy atom. The van der Waals surface area contributed by atoms with Crippen molar-refractivity contribution in [2.24, 2.45) is 0 Å². The molecule has 0 saturated carbocycles. The highest BCUT2D eigenvalue weighted by Crippen LogP contribution is 2.28. The smallest absolute Gasteiger partial charge is 0.223 e. The lowest BCUT2D eigenvalue weighted by atomic mass is 10.0. The summed E-state index contributed by atoms with van der Waals surface area (Å²) in [6, 6.07) is 0. The molecule has 1 aromatic heterocycles. The summed E-state index contributed by atoms with van der Waals surface area (Å²) in [7, 11) is 0. The van der Waals surface area contributed by atoms with Gasteiger partial charge in [0.1, 0.15) is 5.15 Å². The highest BCUT2D eigenvalue weighted by molar-refractivity contribution is 6.32. The topological polar surface area (TPSA) is 35.0 Å². The minimum Gasteiger partial charge on any atom is -0.380 e. The largest absolute Gasteiger partial charge is 0.380 e. The predicted molar refractivity (Wildman–Crippen MR) is 45.6 cm³/mol. The number of ether oxygens (including phenoxy) is 1. The summed E-state index contributed by atoms with van der Waals surface area (Å²) < 4.78 is 5.03. The van der Waals surface area contributed by atoms with Crippen LogP contribution in [0.25, 0.3) is 0 Å². The Balaban J connectivity index is 2.31. The van der Waals surface area contributed by atoms with Crippen molar-refractivity contribution in [1.29, 1.82) is 0 Å². The third-order valence-electron chi connectivity index (χ3n) is 1.82. The highest BCUT2D eigenvalue weighted by atomic mass is 35.5. The summed E-state index contributed by atoms with van der Waals surface area (Å²) in [6.45, 7) is 1.40. The van der Waals surface area contributed by atoms with Crippen LogP contribution in [-0.4, -0.2) is 23.2 Å². The van der Waals surface area contributed by atoms with E-state index in [1.54, 1.807) is 6.20 Å². The van der Waals surface area contributed by atoms with Crippen LogP contribution in [-0.2, 0) is 4.74 Å². The molecule has 2 heterocycles. The maximum atomic E-state index is 5.85. The summed E-state index contributed by atoms with van der Waals surface area (Å²) in [5, 5.41) is 0.618. The van der Waals surface area contributed by atoms with Crippen molar-refractivity contribution < 1.29 is 4.74 Å². The number of halogens is 2. The molecule has 64 valence electrons. The van der Waals surface area contributed by atoms with E-state index in [1.807, 2.05) is 0 Å². The second kappa shape index (κ2) is 3.17. The summed E-state index contributed by atoms with van der Waals surface area (Å²) in [5.41, 5.74) is 0.923. The van der Waals surface area contributed by atoms with Crippen LogP contribution in [0, 0.1) is 0 Å². The lowest BCUT2D eigenvalue weighted by Crippen LogP contribution is -2.25. The minimum atomic E-state index is 0.184. The Bertz CT molecular complexity index is 301. The Morgan fingerprint density at radius 1 is 1.42 bits per heavy atom. The number of aromatic nitrogens is 2. The van der Waals surface area contributed by atoms with Gasteiger partial charge in [0.2, 0.25) is 5.28 Å². The first-order valence-electron chi connectivity index (χ1n) is 3.53. The minimum absolute atomic E-state index is 0.184. The molecule has 1 aliphatic rings. The molecule has 1 aromatic rings. The van der Waals surface area contributed by atoms with E-state index in [4.69, 9.17) is 27.9 Å². The van der Waals surface area contributed by atoms with Crippen LogP contribution in [0.2, 0.25) is 10.4 Å². The SMILES string of the molecule is Clc1ncc(C2COC2)c(Cl)n1. The monoisotopic (exact) mass is 204 g/mol. The van der Waals surface area contributed by atoms with Gasteiger partial charge in [-0.3, -0.25) is 0 Å². The van der Waals surface area contributed by atoms with Crippen LogP contribution in [0.5, 0.6) is 0 Å². The Morgan fingerprint density at radius 3 is 2.67 bits per heavy atom. The van der Waals surface area contributed by atoms with Gasteiger partial charge in [0.15, 0.2) is 0 Å². The first-order valence-corrected chi connectivity index (χ1v) is 4.28. The molecule has 5 heteroatoms. The van der Waals surface area contributed by atoms with E-state index in [0.29, 0.717) is 24.3 Å². The maximum Gasteiger partial charge on any atom is 0.223 e. The molecule has 1 saturated heterocycles. The van der Waals surface area contributed by atoms with Crippen LogP contribution in [0.1, 0.15) is 11.5 Å². The summed E-state index contributed by atoms with van der Waals surface area (Å²) in [4.78, 5) is 7.70. The lowest BCUT2D eigenvalue weighted by molar-refractivity contribution is 0.00819. The van der Waals surface area contributed by atoms with Crippen molar-refractivity contribution >= 4 is 23.2 Å². The van der Waals surface area contributed by atoms with Crippen molar-refractivity contribution in [1.82, 2.24) is 9.97 Å². The average molecular weight is 205 g/mol. The van der Waals surface area contributed by atoms with Crippen molar-refractivity contribution in [2.45, 2.75) is 5.92 Å². The molecule has 12 heavy (non-hydrogen) atoms. The fourth-order valence-electron chi connectivity index (χ4n) is 1.04. The first-order chi connectivity index (χ1) is 5.77. The van der Waals surface area contributed by atoms with Gasteiger partial charge in [-0.25, -0.2) is 9.97 Å². The van der Waals surface area contributed by atoms with E-state index >= 15 is 0 Å². The van der Waals surface area contributed by atoms with Crippen molar-refractivity contribution in [3.63, 3.8) is 0 Å². The van der Waals surface area contributed by atoms with E-state index in [-0.39, 0.29) is 5.28 Å². The van der Waals surface area contributed by atoms with E-state index in [1.165, 1.54) is 0 Å². The van der Waals surface area contributed by atoms with Gasteiger partial charge < -0.3 is 4.74 Å². The molecule has 1 fully saturated rings. The molecular weight excluding hydrogens is 199 g/mol. The summed E-state index contributed by atoms with van der Waals surface area (Å²) in [6.07, 6.45) is 1.66. The second-order valence-electron chi connectivity index (χ2n) is 2.62. The molecule has 0 radical (unpaired) electrons. The molecule has 0 atom stereocenters. The third-order valence-corrected chi connectivity index (χ3v) is 2.30. The van der Waals surface area contributed by atoms with E-state index in [2.05, 4.69) is 9.97 Å². The van der Waals surface area contributed by atoms with Crippen molar-refractivity contribution in [2.75, 3.05) is 13.2 Å². The van der Waals surface area contributed by atoms with E-state index < -0.39 is 0 Å². The second-order valence-corrected chi connectivity index (χ2v) is 3.32. The van der Waals surface area contributed by atoms with Gasteiger partial charge in [-0.15, -0.1) is 0 Å². The van der Waals surface area contributed by atoms with Gasteiger partial charge in [0.25, 0.3) is 0 Å². The van der Waals surface area contributed by atoms with E-state index in [0.717, 1.165) is 5.56 Å². The standard InChI is InChI=1S/C7H6Cl2N2O/c8-6-5(4-2-12-3-4)1-10-7(9)11-6/h1,4H,2-3H2. The van der Waals surface area contributed by atoms with Crippen LogP contribution in [0.3, 0.4) is 0 Å². The maximum absolute atomic E-state index is 5.85. The van der Waals surface area contributed by atoms with Crippen LogP contribution < -0.4 is 0 Å². The van der Waals surface area contributed by atoms with Gasteiger partial charge in [0.05, 0.1) is 13.2 Å². The number of hydrogen-bond acceptors (Lipinski definition) is 3. The van der Waals surface area contributed by atoms with Gasteiger partial charge in [-0.1, -0.05) is 11.6 Å². The van der Waals surface area contributed by atoms with Crippen LogP contribution in [0.4, 0.5) is 0 Å². The Kier molecular flexibility index (Phi) is 2.17. The van der Waals surface area contributed by atoms with E-state index in [9.17, 15) is 0 Å². The molecule has 0 amide bonds. The number of hydrogen-bond donors (Lipinski definition) is 0. The molecule has 0 bridgehead atoms. The Labute approximate surface area is 79.7 Å². The third kappa shape index (κ3) is 1.40.